The number of rotatable bonds is 2. The summed E-state index contributed by atoms with van der Waals surface area (Å²) in [6.07, 6.45) is 4.87. The molecule has 2 aliphatic rings. The number of amides is 1. The number of carbonyl (C=O) groups excluding carboxylic acids is 1. The summed E-state index contributed by atoms with van der Waals surface area (Å²) in [7, 11) is 0. The summed E-state index contributed by atoms with van der Waals surface area (Å²) in [6.45, 7) is 6.90. The van der Waals surface area contributed by atoms with Crippen molar-refractivity contribution in [2.45, 2.75) is 46.1 Å². The lowest BCUT2D eigenvalue weighted by atomic mass is 9.69. The Labute approximate surface area is 134 Å². The van der Waals surface area contributed by atoms with Gasteiger partial charge in [0.1, 0.15) is 11.3 Å². The van der Waals surface area contributed by atoms with Gasteiger partial charge < -0.3 is 10.3 Å². The van der Waals surface area contributed by atoms with Crippen LogP contribution in [0.1, 0.15) is 50.4 Å². The third-order valence-corrected chi connectivity index (χ3v) is 6.83. The molecule has 4 nitrogen and oxygen atoms in total. The zero-order valence-corrected chi connectivity index (χ0v) is 13.7. The van der Waals surface area contributed by atoms with Gasteiger partial charge in [-0.15, -0.1) is 0 Å². The van der Waals surface area contributed by atoms with Crippen LogP contribution >= 0.6 is 0 Å². The molecule has 2 aliphatic carbocycles. The molecule has 0 spiro atoms. The molecular weight excluding hydrogens is 293 g/mol. The number of carbonyl (C=O) groups is 1. The van der Waals surface area contributed by atoms with Crippen LogP contribution in [0.2, 0.25) is 0 Å². The molecule has 2 bridgehead atoms. The van der Waals surface area contributed by atoms with Gasteiger partial charge in [-0.1, -0.05) is 20.8 Å². The van der Waals surface area contributed by atoms with E-state index < -0.39 is 5.82 Å². The van der Waals surface area contributed by atoms with Crippen LogP contribution in [-0.4, -0.2) is 21.9 Å². The van der Waals surface area contributed by atoms with Gasteiger partial charge in [0.05, 0.1) is 17.4 Å². The van der Waals surface area contributed by atoms with E-state index in [1.807, 2.05) is 0 Å². The Morgan fingerprint density at radius 1 is 1.39 bits per heavy atom. The second-order valence-corrected chi connectivity index (χ2v) is 7.89. The van der Waals surface area contributed by atoms with E-state index in [9.17, 15) is 9.18 Å². The van der Waals surface area contributed by atoms with Crippen LogP contribution in [0.15, 0.2) is 18.5 Å². The lowest BCUT2D eigenvalue weighted by Crippen LogP contribution is -2.46. The number of hydrogen-bond acceptors (Lipinski definition) is 2. The molecule has 0 aliphatic heterocycles. The number of nitrogens with one attached hydrogen (secondary N) is 2. The largest absolute Gasteiger partial charge is 0.349 e. The van der Waals surface area contributed by atoms with Gasteiger partial charge in [-0.3, -0.25) is 4.79 Å². The van der Waals surface area contributed by atoms with Crippen molar-refractivity contribution in [3.05, 3.63) is 29.8 Å². The molecule has 4 rings (SSSR count). The van der Waals surface area contributed by atoms with Crippen molar-refractivity contribution in [2.75, 3.05) is 0 Å². The van der Waals surface area contributed by atoms with E-state index in [4.69, 9.17) is 0 Å². The van der Waals surface area contributed by atoms with E-state index in [1.54, 1.807) is 0 Å². The molecule has 2 N–H and O–H groups in total. The fourth-order valence-corrected chi connectivity index (χ4v) is 4.85. The van der Waals surface area contributed by atoms with Gasteiger partial charge in [0.25, 0.3) is 5.91 Å². The minimum Gasteiger partial charge on any atom is -0.349 e. The molecule has 2 fully saturated rings. The van der Waals surface area contributed by atoms with Gasteiger partial charge in [0, 0.05) is 6.04 Å². The number of aromatic nitrogens is 2. The third kappa shape index (κ3) is 1.88. The molecule has 5 heteroatoms. The summed E-state index contributed by atoms with van der Waals surface area (Å²) in [6, 6.07) is 2.78. The van der Waals surface area contributed by atoms with Crippen LogP contribution < -0.4 is 5.32 Å². The van der Waals surface area contributed by atoms with Crippen molar-refractivity contribution < 1.29 is 9.18 Å². The topological polar surface area (TPSA) is 57.8 Å². The predicted molar refractivity (Wildman–Crippen MR) is 86.5 cm³/mol. The van der Waals surface area contributed by atoms with E-state index in [-0.39, 0.29) is 22.8 Å². The minimum atomic E-state index is -0.425. The van der Waals surface area contributed by atoms with E-state index >= 15 is 0 Å². The standard InChI is InChI=1S/C18H22FN3O/c1-17(2)10-4-5-18(17,3)14(6-10)22-16(23)12-7-11(19)8-13-15(12)21-9-20-13/h7-10,14H,4-6H2,1-3H3,(H,20,21)(H,22,23). The number of halogens is 1. The molecule has 3 atom stereocenters. The number of nitrogens with zero attached hydrogens (tertiary/aromatic N) is 1. The van der Waals surface area contributed by atoms with Crippen LogP contribution in [0.4, 0.5) is 4.39 Å². The Hall–Kier alpha value is -1.91. The maximum absolute atomic E-state index is 13.8. The Kier molecular flexibility index (Phi) is 2.91. The van der Waals surface area contributed by atoms with E-state index in [0.717, 1.165) is 12.8 Å². The van der Waals surface area contributed by atoms with Crippen molar-refractivity contribution in [3.8, 4) is 0 Å². The first-order chi connectivity index (χ1) is 10.8. The first-order valence-electron chi connectivity index (χ1n) is 8.26. The molecule has 2 aromatic rings. The molecule has 0 radical (unpaired) electrons. The second-order valence-electron chi connectivity index (χ2n) is 7.89. The zero-order valence-electron chi connectivity index (χ0n) is 13.7. The number of benzene rings is 1. The van der Waals surface area contributed by atoms with Crippen LogP contribution in [-0.2, 0) is 0 Å². The van der Waals surface area contributed by atoms with Crippen molar-refractivity contribution in [2.24, 2.45) is 16.7 Å². The third-order valence-electron chi connectivity index (χ3n) is 6.83. The van der Waals surface area contributed by atoms with Gasteiger partial charge in [0.15, 0.2) is 0 Å². The molecule has 0 saturated heterocycles. The molecule has 3 unspecified atom stereocenters. The average Bonchev–Trinajstić information content (AvgIpc) is 3.08. The maximum Gasteiger partial charge on any atom is 0.253 e. The fraction of sp³-hybridized carbons (Fsp3) is 0.556. The Bertz CT molecular complexity index is 797. The highest BCUT2D eigenvalue weighted by Gasteiger charge is 2.61. The number of fused-ring (bicyclic) bond motifs is 3. The molecule has 1 aromatic carbocycles. The lowest BCUT2D eigenvalue weighted by Gasteiger charge is -2.39. The number of H-pyrrole nitrogens is 1. The van der Waals surface area contributed by atoms with Gasteiger partial charge in [-0.25, -0.2) is 9.37 Å². The molecule has 23 heavy (non-hydrogen) atoms. The van der Waals surface area contributed by atoms with Crippen molar-refractivity contribution in [3.63, 3.8) is 0 Å². The molecular formula is C18H22FN3O. The van der Waals surface area contributed by atoms with E-state index in [0.29, 0.717) is 22.5 Å². The minimum absolute atomic E-state index is 0.103. The van der Waals surface area contributed by atoms with Gasteiger partial charge >= 0.3 is 0 Å². The summed E-state index contributed by atoms with van der Waals surface area (Å²) in [4.78, 5) is 19.8. The molecule has 1 amide bonds. The van der Waals surface area contributed by atoms with Crippen molar-refractivity contribution in [1.29, 1.82) is 0 Å². The predicted octanol–water partition coefficient (Wildman–Crippen LogP) is 3.65. The van der Waals surface area contributed by atoms with Crippen LogP contribution in [0.3, 0.4) is 0 Å². The zero-order chi connectivity index (χ0) is 16.4. The number of imidazole rings is 1. The quantitative estimate of drug-likeness (QED) is 0.889. The Morgan fingerprint density at radius 2 is 2.17 bits per heavy atom. The van der Waals surface area contributed by atoms with Crippen molar-refractivity contribution in [1.82, 2.24) is 15.3 Å². The highest BCUT2D eigenvalue weighted by atomic mass is 19.1. The van der Waals surface area contributed by atoms with Crippen LogP contribution in [0, 0.1) is 22.6 Å². The Balaban J connectivity index is 1.65. The SMILES string of the molecule is CC1(C)C2CCC1(C)C(NC(=O)c1cc(F)cc3[nH]cnc13)C2. The molecule has 1 aromatic heterocycles. The normalized spacial score (nSPS) is 31.7. The monoisotopic (exact) mass is 315 g/mol. The van der Waals surface area contributed by atoms with Crippen molar-refractivity contribution >= 4 is 16.9 Å². The van der Waals surface area contributed by atoms with Gasteiger partial charge in [0.2, 0.25) is 0 Å². The first kappa shape index (κ1) is 14.7. The number of hydrogen-bond donors (Lipinski definition) is 2. The second kappa shape index (κ2) is 4.56. The first-order valence-corrected chi connectivity index (χ1v) is 8.26. The summed E-state index contributed by atoms with van der Waals surface area (Å²) in [5.41, 5.74) is 1.72. The lowest BCUT2D eigenvalue weighted by molar-refractivity contribution is 0.0827. The number of aromatic amines is 1. The smallest absolute Gasteiger partial charge is 0.253 e. The van der Waals surface area contributed by atoms with Gasteiger partial charge in [-0.05, 0) is 48.1 Å². The van der Waals surface area contributed by atoms with Crippen LogP contribution in [0.25, 0.3) is 11.0 Å². The fourth-order valence-electron chi connectivity index (χ4n) is 4.85. The molecule has 122 valence electrons. The summed E-state index contributed by atoms with van der Waals surface area (Å²) in [5, 5.41) is 3.17. The molecule has 1 heterocycles. The average molecular weight is 315 g/mol. The molecule has 2 saturated carbocycles. The Morgan fingerprint density at radius 3 is 2.83 bits per heavy atom. The summed E-state index contributed by atoms with van der Waals surface area (Å²) in [5.74, 6) is -0.00160. The highest BCUT2D eigenvalue weighted by molar-refractivity contribution is 6.05. The van der Waals surface area contributed by atoms with Crippen LogP contribution in [0.5, 0.6) is 0 Å². The highest BCUT2D eigenvalue weighted by Crippen LogP contribution is 2.65. The van der Waals surface area contributed by atoms with E-state index in [2.05, 4.69) is 36.1 Å². The van der Waals surface area contributed by atoms with E-state index in [1.165, 1.54) is 24.9 Å². The maximum atomic E-state index is 13.8. The summed E-state index contributed by atoms with van der Waals surface area (Å²) >= 11 is 0. The summed E-state index contributed by atoms with van der Waals surface area (Å²) < 4.78 is 13.8. The van der Waals surface area contributed by atoms with Gasteiger partial charge in [-0.2, -0.15) is 0 Å².